The third-order valence-electron chi connectivity index (χ3n) is 3.54. The largest absolute Gasteiger partial charge is 0.372 e. The van der Waals surface area contributed by atoms with E-state index in [1.54, 1.807) is 0 Å². The highest BCUT2D eigenvalue weighted by atomic mass is 35.6. The standard InChI is InChI=1S/C15H19Cl3N2O2/c16-15(17,18)14(19-10-12-7-4-8-22-12)20-13(21)9-11-5-2-1-3-6-11/h1-3,5-6,12,14,19H,4,7-10H2,(H,20,21)/p+1. The first-order valence-corrected chi connectivity index (χ1v) is 8.43. The minimum absolute atomic E-state index is 0.154. The number of quaternary nitrogens is 1. The summed E-state index contributed by atoms with van der Waals surface area (Å²) in [6.45, 7) is 1.43. The van der Waals surface area contributed by atoms with Crippen molar-refractivity contribution in [3.8, 4) is 0 Å². The summed E-state index contributed by atoms with van der Waals surface area (Å²) in [6.07, 6.45) is 1.82. The van der Waals surface area contributed by atoms with Crippen LogP contribution in [0.4, 0.5) is 0 Å². The van der Waals surface area contributed by atoms with Crippen molar-refractivity contribution < 1.29 is 14.8 Å². The van der Waals surface area contributed by atoms with E-state index in [0.717, 1.165) is 25.0 Å². The van der Waals surface area contributed by atoms with Crippen molar-refractivity contribution in [2.75, 3.05) is 13.2 Å². The van der Waals surface area contributed by atoms with Crippen molar-refractivity contribution in [1.82, 2.24) is 5.32 Å². The lowest BCUT2D eigenvalue weighted by atomic mass is 10.1. The average molecular weight is 367 g/mol. The number of amides is 1. The van der Waals surface area contributed by atoms with Crippen molar-refractivity contribution in [3.63, 3.8) is 0 Å². The molecule has 1 fully saturated rings. The highest BCUT2D eigenvalue weighted by molar-refractivity contribution is 6.68. The van der Waals surface area contributed by atoms with Crippen LogP contribution in [-0.2, 0) is 16.0 Å². The van der Waals surface area contributed by atoms with Gasteiger partial charge in [0.25, 0.3) is 3.79 Å². The van der Waals surface area contributed by atoms with Crippen LogP contribution in [0, 0.1) is 0 Å². The van der Waals surface area contributed by atoms with Crippen LogP contribution in [0.1, 0.15) is 18.4 Å². The van der Waals surface area contributed by atoms with Gasteiger partial charge < -0.3 is 15.4 Å². The highest BCUT2D eigenvalue weighted by Gasteiger charge is 2.38. The summed E-state index contributed by atoms with van der Waals surface area (Å²) in [5, 5.41) is 4.61. The predicted molar refractivity (Wildman–Crippen MR) is 88.1 cm³/mol. The number of hydrogen-bond acceptors (Lipinski definition) is 2. The molecule has 0 bridgehead atoms. The van der Waals surface area contributed by atoms with Gasteiger partial charge in [0.1, 0.15) is 12.6 Å². The quantitative estimate of drug-likeness (QED) is 0.596. The van der Waals surface area contributed by atoms with Gasteiger partial charge in [0.05, 0.1) is 6.42 Å². The van der Waals surface area contributed by atoms with Crippen molar-refractivity contribution in [1.29, 1.82) is 0 Å². The van der Waals surface area contributed by atoms with Gasteiger partial charge in [-0.1, -0.05) is 65.1 Å². The number of rotatable bonds is 6. The van der Waals surface area contributed by atoms with Gasteiger partial charge in [0.15, 0.2) is 0 Å². The Hall–Kier alpha value is -0.520. The number of halogens is 3. The molecule has 2 rings (SSSR count). The van der Waals surface area contributed by atoms with E-state index >= 15 is 0 Å². The van der Waals surface area contributed by atoms with Crippen LogP contribution in [0.25, 0.3) is 0 Å². The van der Waals surface area contributed by atoms with E-state index < -0.39 is 9.96 Å². The molecule has 2 atom stereocenters. The summed E-state index contributed by atoms with van der Waals surface area (Å²) in [4.78, 5) is 12.1. The zero-order valence-corrected chi connectivity index (χ0v) is 14.4. The monoisotopic (exact) mass is 365 g/mol. The Balaban J connectivity index is 1.87. The summed E-state index contributed by atoms with van der Waals surface area (Å²) in [5.74, 6) is -0.175. The number of hydrogen-bond donors (Lipinski definition) is 2. The smallest absolute Gasteiger partial charge is 0.262 e. The Bertz CT molecular complexity index is 473. The van der Waals surface area contributed by atoms with Crippen LogP contribution in [0.5, 0.6) is 0 Å². The van der Waals surface area contributed by atoms with E-state index in [1.807, 2.05) is 35.6 Å². The second-order valence-electron chi connectivity index (χ2n) is 5.36. The first-order chi connectivity index (χ1) is 10.4. The Morgan fingerprint density at radius 3 is 2.68 bits per heavy atom. The minimum atomic E-state index is -1.58. The molecule has 1 aromatic carbocycles. The molecule has 0 spiro atoms. The number of ether oxygens (including phenoxy) is 1. The van der Waals surface area contributed by atoms with Crippen LogP contribution in [0.15, 0.2) is 30.3 Å². The number of carbonyl (C=O) groups excluding carboxylic acids is 1. The zero-order chi connectivity index (χ0) is 16.0. The van der Waals surface area contributed by atoms with Crippen molar-refractivity contribution in [2.24, 2.45) is 0 Å². The van der Waals surface area contributed by atoms with Crippen LogP contribution in [-0.4, -0.2) is 35.1 Å². The molecule has 0 radical (unpaired) electrons. The maximum absolute atomic E-state index is 12.1. The Kier molecular flexibility index (Phi) is 6.78. The Morgan fingerprint density at radius 2 is 2.09 bits per heavy atom. The minimum Gasteiger partial charge on any atom is -0.372 e. The molecule has 0 saturated carbocycles. The molecule has 0 aliphatic carbocycles. The molecule has 1 aromatic rings. The molecule has 1 heterocycles. The summed E-state index contributed by atoms with van der Waals surface area (Å²) >= 11 is 17.9. The second-order valence-corrected chi connectivity index (χ2v) is 7.72. The lowest BCUT2D eigenvalue weighted by Crippen LogP contribution is -2.97. The fraction of sp³-hybridized carbons (Fsp3) is 0.533. The zero-order valence-electron chi connectivity index (χ0n) is 12.1. The molecular weight excluding hydrogens is 347 g/mol. The molecule has 4 nitrogen and oxygen atoms in total. The fourth-order valence-corrected chi connectivity index (χ4v) is 2.83. The van der Waals surface area contributed by atoms with Crippen molar-refractivity contribution in [3.05, 3.63) is 35.9 Å². The van der Waals surface area contributed by atoms with E-state index in [2.05, 4.69) is 5.32 Å². The summed E-state index contributed by atoms with van der Waals surface area (Å²) in [5.41, 5.74) is 0.919. The maximum Gasteiger partial charge on any atom is 0.262 e. The molecule has 22 heavy (non-hydrogen) atoms. The van der Waals surface area contributed by atoms with Crippen LogP contribution < -0.4 is 10.6 Å². The third-order valence-corrected chi connectivity index (χ3v) is 4.24. The molecule has 0 aromatic heterocycles. The van der Waals surface area contributed by atoms with E-state index in [-0.39, 0.29) is 18.4 Å². The lowest BCUT2D eigenvalue weighted by Gasteiger charge is -2.24. The molecule has 3 N–H and O–H groups in total. The van der Waals surface area contributed by atoms with E-state index in [4.69, 9.17) is 39.5 Å². The SMILES string of the molecule is O=C(Cc1ccccc1)NC([NH2+]CC1CCCO1)C(Cl)(Cl)Cl. The molecule has 1 saturated heterocycles. The van der Waals surface area contributed by atoms with Gasteiger partial charge in [0, 0.05) is 6.61 Å². The van der Waals surface area contributed by atoms with Gasteiger partial charge in [-0.25, -0.2) is 0 Å². The average Bonchev–Trinajstić information content (AvgIpc) is 2.96. The Labute approximate surface area is 145 Å². The lowest BCUT2D eigenvalue weighted by molar-refractivity contribution is -0.697. The Morgan fingerprint density at radius 1 is 1.36 bits per heavy atom. The maximum atomic E-state index is 12.1. The van der Waals surface area contributed by atoms with Crippen LogP contribution >= 0.6 is 34.8 Å². The summed E-state index contributed by atoms with van der Waals surface area (Å²) in [7, 11) is 0. The molecular formula is C15H20Cl3N2O2+. The fourth-order valence-electron chi connectivity index (χ4n) is 2.40. The van der Waals surface area contributed by atoms with Crippen LogP contribution in [0.2, 0.25) is 0 Å². The summed E-state index contributed by atoms with van der Waals surface area (Å²) in [6, 6.07) is 9.46. The van der Waals surface area contributed by atoms with Crippen molar-refractivity contribution >= 4 is 40.7 Å². The normalized spacial score (nSPS) is 19.9. The van der Waals surface area contributed by atoms with E-state index in [9.17, 15) is 4.79 Å². The van der Waals surface area contributed by atoms with Gasteiger partial charge in [-0.05, 0) is 18.4 Å². The van der Waals surface area contributed by atoms with E-state index in [1.165, 1.54) is 0 Å². The number of benzene rings is 1. The second kappa shape index (κ2) is 8.37. The molecule has 1 aliphatic rings. The summed E-state index contributed by atoms with van der Waals surface area (Å²) < 4.78 is 3.97. The predicted octanol–water partition coefficient (Wildman–Crippen LogP) is 1.78. The number of alkyl halides is 3. The van der Waals surface area contributed by atoms with Crippen LogP contribution in [0.3, 0.4) is 0 Å². The van der Waals surface area contributed by atoms with Gasteiger partial charge in [-0.2, -0.15) is 0 Å². The topological polar surface area (TPSA) is 54.9 Å². The highest BCUT2D eigenvalue weighted by Crippen LogP contribution is 2.27. The van der Waals surface area contributed by atoms with Crippen molar-refractivity contribution in [2.45, 2.75) is 35.3 Å². The molecule has 1 aliphatic heterocycles. The molecule has 7 heteroatoms. The molecule has 122 valence electrons. The first-order valence-electron chi connectivity index (χ1n) is 7.30. The number of nitrogens with two attached hydrogens (primary N) is 1. The molecule has 2 unspecified atom stereocenters. The van der Waals surface area contributed by atoms with Gasteiger partial charge in [-0.15, -0.1) is 0 Å². The van der Waals surface area contributed by atoms with Gasteiger partial charge in [0.2, 0.25) is 12.1 Å². The third kappa shape index (κ3) is 5.94. The number of carbonyl (C=O) groups is 1. The van der Waals surface area contributed by atoms with Gasteiger partial charge in [-0.3, -0.25) is 4.79 Å². The van der Waals surface area contributed by atoms with E-state index in [0.29, 0.717) is 6.54 Å². The first kappa shape index (κ1) is 17.8. The van der Waals surface area contributed by atoms with Gasteiger partial charge >= 0.3 is 0 Å². The number of nitrogens with one attached hydrogen (secondary N) is 1. The molecule has 1 amide bonds.